The summed E-state index contributed by atoms with van der Waals surface area (Å²) in [7, 11) is 0. The summed E-state index contributed by atoms with van der Waals surface area (Å²) in [6, 6.07) is 11.0. The second kappa shape index (κ2) is 6.20. The minimum atomic E-state index is 0.227. The summed E-state index contributed by atoms with van der Waals surface area (Å²) < 4.78 is 5.15. The zero-order valence-electron chi connectivity index (χ0n) is 12.5. The minimum absolute atomic E-state index is 0.227. The third-order valence-corrected chi connectivity index (χ3v) is 4.56. The van der Waals surface area contributed by atoms with E-state index < -0.39 is 0 Å². The molecule has 0 spiro atoms. The molecule has 1 aromatic heterocycles. The van der Waals surface area contributed by atoms with Crippen molar-refractivity contribution < 1.29 is 4.52 Å². The van der Waals surface area contributed by atoms with Gasteiger partial charge < -0.3 is 9.84 Å². The molecule has 3 nitrogen and oxygen atoms in total. The zero-order chi connectivity index (χ0) is 14.8. The predicted molar refractivity (Wildman–Crippen MR) is 84.6 cm³/mol. The standard InChI is InChI=1S/C17H21ClN2O/c1-11-8-17(20-21-11)12(2)19-16-7-6-14(10-16)13-4-3-5-15(18)9-13/h3-5,8-9,12,14,16,19H,6-7,10H2,1-2H3. The van der Waals surface area contributed by atoms with Crippen LogP contribution >= 0.6 is 11.6 Å². The van der Waals surface area contributed by atoms with Gasteiger partial charge in [-0.2, -0.15) is 0 Å². The third-order valence-electron chi connectivity index (χ3n) is 4.33. The molecule has 1 N–H and O–H groups in total. The first-order valence-corrected chi connectivity index (χ1v) is 7.94. The van der Waals surface area contributed by atoms with E-state index >= 15 is 0 Å². The Morgan fingerprint density at radius 3 is 2.90 bits per heavy atom. The lowest BCUT2D eigenvalue weighted by Gasteiger charge is -2.18. The van der Waals surface area contributed by atoms with Crippen LogP contribution in [-0.2, 0) is 0 Å². The van der Waals surface area contributed by atoms with Crippen molar-refractivity contribution in [2.24, 2.45) is 0 Å². The topological polar surface area (TPSA) is 38.1 Å². The molecule has 2 aromatic rings. The van der Waals surface area contributed by atoms with Crippen LogP contribution in [-0.4, -0.2) is 11.2 Å². The average Bonchev–Trinajstić information content (AvgIpc) is 3.08. The first kappa shape index (κ1) is 14.6. The quantitative estimate of drug-likeness (QED) is 0.895. The van der Waals surface area contributed by atoms with E-state index in [9.17, 15) is 0 Å². The number of benzene rings is 1. The van der Waals surface area contributed by atoms with Crippen LogP contribution in [0.5, 0.6) is 0 Å². The van der Waals surface area contributed by atoms with E-state index in [1.165, 1.54) is 18.4 Å². The van der Waals surface area contributed by atoms with Crippen LogP contribution in [0.4, 0.5) is 0 Å². The Morgan fingerprint density at radius 2 is 2.19 bits per heavy atom. The Morgan fingerprint density at radius 1 is 1.33 bits per heavy atom. The maximum Gasteiger partial charge on any atom is 0.133 e. The Bertz CT molecular complexity index is 610. The minimum Gasteiger partial charge on any atom is -0.361 e. The number of rotatable bonds is 4. The van der Waals surface area contributed by atoms with Crippen LogP contribution in [0, 0.1) is 6.92 Å². The van der Waals surface area contributed by atoms with Crippen LogP contribution in [0.25, 0.3) is 0 Å². The van der Waals surface area contributed by atoms with Crippen molar-refractivity contribution >= 4 is 11.6 Å². The van der Waals surface area contributed by atoms with Gasteiger partial charge in [-0.15, -0.1) is 0 Å². The monoisotopic (exact) mass is 304 g/mol. The first-order chi connectivity index (χ1) is 10.1. The van der Waals surface area contributed by atoms with Crippen molar-refractivity contribution in [1.82, 2.24) is 10.5 Å². The van der Waals surface area contributed by atoms with Gasteiger partial charge in [0.25, 0.3) is 0 Å². The highest BCUT2D eigenvalue weighted by atomic mass is 35.5. The first-order valence-electron chi connectivity index (χ1n) is 7.56. The summed E-state index contributed by atoms with van der Waals surface area (Å²) in [4.78, 5) is 0. The van der Waals surface area contributed by atoms with Gasteiger partial charge in [0.1, 0.15) is 11.5 Å². The normalized spacial score (nSPS) is 23.4. The molecule has 1 aromatic carbocycles. The van der Waals surface area contributed by atoms with Crippen molar-refractivity contribution in [1.29, 1.82) is 0 Å². The molecule has 21 heavy (non-hydrogen) atoms. The van der Waals surface area contributed by atoms with Crippen LogP contribution < -0.4 is 5.32 Å². The van der Waals surface area contributed by atoms with E-state index in [1.54, 1.807) is 0 Å². The number of nitrogens with zero attached hydrogens (tertiary/aromatic N) is 1. The summed E-state index contributed by atoms with van der Waals surface area (Å²) in [5, 5.41) is 8.59. The smallest absolute Gasteiger partial charge is 0.133 e. The highest BCUT2D eigenvalue weighted by molar-refractivity contribution is 6.30. The maximum atomic E-state index is 6.09. The van der Waals surface area contributed by atoms with Crippen LogP contribution in [0.2, 0.25) is 5.02 Å². The fourth-order valence-corrected chi connectivity index (χ4v) is 3.42. The van der Waals surface area contributed by atoms with Crippen molar-refractivity contribution in [2.45, 2.75) is 51.1 Å². The summed E-state index contributed by atoms with van der Waals surface area (Å²) in [5.41, 5.74) is 2.34. The molecule has 112 valence electrons. The van der Waals surface area contributed by atoms with E-state index in [0.717, 1.165) is 22.9 Å². The zero-order valence-corrected chi connectivity index (χ0v) is 13.2. The van der Waals surface area contributed by atoms with E-state index in [4.69, 9.17) is 16.1 Å². The second-order valence-corrected chi connectivity index (χ2v) is 6.45. The van der Waals surface area contributed by atoms with Gasteiger partial charge in [-0.1, -0.05) is 28.9 Å². The second-order valence-electron chi connectivity index (χ2n) is 6.01. The molecule has 1 aliphatic rings. The number of aryl methyl sites for hydroxylation is 1. The average molecular weight is 305 g/mol. The molecule has 1 fully saturated rings. The molecule has 1 saturated carbocycles. The summed E-state index contributed by atoms with van der Waals surface area (Å²) >= 11 is 6.09. The SMILES string of the molecule is Cc1cc(C(C)NC2CCC(c3cccc(Cl)c3)C2)no1. The largest absolute Gasteiger partial charge is 0.361 e. The van der Waals surface area contributed by atoms with Gasteiger partial charge in [-0.25, -0.2) is 0 Å². The Labute approximate surface area is 130 Å². The van der Waals surface area contributed by atoms with E-state index in [-0.39, 0.29) is 6.04 Å². The van der Waals surface area contributed by atoms with Crippen molar-refractivity contribution in [2.75, 3.05) is 0 Å². The lowest BCUT2D eigenvalue weighted by Crippen LogP contribution is -2.29. The van der Waals surface area contributed by atoms with Gasteiger partial charge in [0.05, 0.1) is 6.04 Å². The summed E-state index contributed by atoms with van der Waals surface area (Å²) in [5.74, 6) is 1.47. The third kappa shape index (κ3) is 3.47. The molecule has 3 atom stereocenters. The number of nitrogens with one attached hydrogen (secondary N) is 1. The van der Waals surface area contributed by atoms with E-state index in [0.29, 0.717) is 12.0 Å². The fourth-order valence-electron chi connectivity index (χ4n) is 3.22. The lowest BCUT2D eigenvalue weighted by molar-refractivity contribution is 0.372. The van der Waals surface area contributed by atoms with Crippen LogP contribution in [0.15, 0.2) is 34.9 Å². The fraction of sp³-hybridized carbons (Fsp3) is 0.471. The van der Waals surface area contributed by atoms with Crippen molar-refractivity contribution in [3.63, 3.8) is 0 Å². The van der Waals surface area contributed by atoms with Gasteiger partial charge in [0.15, 0.2) is 0 Å². The van der Waals surface area contributed by atoms with Crippen molar-refractivity contribution in [3.05, 3.63) is 52.4 Å². The number of hydrogen-bond acceptors (Lipinski definition) is 3. The van der Waals surface area contributed by atoms with Gasteiger partial charge in [-0.05, 0) is 56.7 Å². The molecule has 3 unspecified atom stereocenters. The number of hydrogen-bond donors (Lipinski definition) is 1. The molecule has 0 amide bonds. The van der Waals surface area contributed by atoms with E-state index in [1.807, 2.05) is 25.1 Å². The Kier molecular flexibility index (Phi) is 4.32. The van der Waals surface area contributed by atoms with Gasteiger partial charge in [0.2, 0.25) is 0 Å². The molecule has 4 heteroatoms. The van der Waals surface area contributed by atoms with Crippen LogP contribution in [0.3, 0.4) is 0 Å². The molecule has 1 heterocycles. The Hall–Kier alpha value is -1.32. The molecular weight excluding hydrogens is 284 g/mol. The van der Waals surface area contributed by atoms with Gasteiger partial charge >= 0.3 is 0 Å². The van der Waals surface area contributed by atoms with Gasteiger partial charge in [0, 0.05) is 17.1 Å². The molecule has 1 aliphatic carbocycles. The van der Waals surface area contributed by atoms with Gasteiger partial charge in [-0.3, -0.25) is 0 Å². The molecule has 0 aliphatic heterocycles. The van der Waals surface area contributed by atoms with Crippen molar-refractivity contribution in [3.8, 4) is 0 Å². The molecule has 0 radical (unpaired) electrons. The van der Waals surface area contributed by atoms with Crippen LogP contribution in [0.1, 0.15) is 55.2 Å². The molecule has 3 rings (SSSR count). The predicted octanol–water partition coefficient (Wildman–Crippen LogP) is 4.62. The summed E-state index contributed by atoms with van der Waals surface area (Å²) in [6.07, 6.45) is 3.56. The molecular formula is C17H21ClN2O. The Balaban J connectivity index is 1.59. The molecule has 0 bridgehead atoms. The molecule has 0 saturated heterocycles. The number of halogens is 1. The number of aromatic nitrogens is 1. The van der Waals surface area contributed by atoms with E-state index in [2.05, 4.69) is 29.5 Å². The highest BCUT2D eigenvalue weighted by Crippen LogP contribution is 2.36. The summed E-state index contributed by atoms with van der Waals surface area (Å²) in [6.45, 7) is 4.07. The maximum absolute atomic E-state index is 6.09. The lowest BCUT2D eigenvalue weighted by atomic mass is 9.97. The highest BCUT2D eigenvalue weighted by Gasteiger charge is 2.27.